The van der Waals surface area contributed by atoms with Crippen molar-refractivity contribution in [1.82, 2.24) is 4.31 Å². The molecule has 0 spiro atoms. The Morgan fingerprint density at radius 2 is 1.69 bits per heavy atom. The Labute approximate surface area is 176 Å². The van der Waals surface area contributed by atoms with Gasteiger partial charge in [0.2, 0.25) is 10.0 Å². The zero-order chi connectivity index (χ0) is 22.1. The first-order chi connectivity index (χ1) is 13.5. The highest BCUT2D eigenvalue weighted by atomic mass is 32.2. The van der Waals surface area contributed by atoms with Crippen LogP contribution in [0, 0.1) is 5.41 Å². The van der Waals surface area contributed by atoms with Gasteiger partial charge in [-0.3, -0.25) is 0 Å². The van der Waals surface area contributed by atoms with Crippen molar-refractivity contribution in [2.75, 3.05) is 19.3 Å². The van der Waals surface area contributed by atoms with Crippen LogP contribution in [0.25, 0.3) is 0 Å². The molecule has 0 fully saturated rings. The minimum Gasteiger partial charge on any atom is -0.478 e. The van der Waals surface area contributed by atoms with E-state index in [1.54, 1.807) is 24.3 Å². The van der Waals surface area contributed by atoms with E-state index >= 15 is 0 Å². The molecule has 0 bridgehead atoms. The van der Waals surface area contributed by atoms with Gasteiger partial charge in [0.05, 0.1) is 17.9 Å². The number of aliphatic hydroxyl groups excluding tert-OH is 1. The second-order valence-corrected chi connectivity index (χ2v) is 10.5. The molecule has 1 aromatic carbocycles. The fourth-order valence-corrected chi connectivity index (χ4v) is 4.29. The van der Waals surface area contributed by atoms with Gasteiger partial charge in [-0.1, -0.05) is 45.7 Å². The summed E-state index contributed by atoms with van der Waals surface area (Å²) in [5.41, 5.74) is 1.07. The van der Waals surface area contributed by atoms with Crippen molar-refractivity contribution in [3.63, 3.8) is 0 Å². The molecular weight excluding hydrogens is 390 g/mol. The van der Waals surface area contributed by atoms with Gasteiger partial charge in [-0.2, -0.15) is 0 Å². The first-order valence-electron chi connectivity index (χ1n) is 10.4. The number of hydrogen-bond donors (Lipinski definition) is 2. The fraction of sp³-hybridized carbons (Fsp3) is 0.682. The van der Waals surface area contributed by atoms with Gasteiger partial charge in [-0.05, 0) is 55.2 Å². The summed E-state index contributed by atoms with van der Waals surface area (Å²) >= 11 is 0. The van der Waals surface area contributed by atoms with Crippen LogP contribution >= 0.6 is 0 Å². The molecule has 7 heteroatoms. The maximum atomic E-state index is 12.1. The van der Waals surface area contributed by atoms with E-state index < -0.39 is 22.1 Å². The third-order valence-electron chi connectivity index (χ3n) is 5.50. The molecule has 0 aromatic heterocycles. The molecule has 0 aliphatic rings. The maximum absolute atomic E-state index is 12.1. The molecule has 0 aliphatic carbocycles. The van der Waals surface area contributed by atoms with Crippen molar-refractivity contribution < 1.29 is 23.4 Å². The van der Waals surface area contributed by atoms with Gasteiger partial charge >= 0.3 is 5.97 Å². The summed E-state index contributed by atoms with van der Waals surface area (Å²) < 4.78 is 25.7. The number of aryl methyl sites for hydroxylation is 1. The number of rotatable bonds is 14. The third-order valence-corrected chi connectivity index (χ3v) is 6.81. The molecule has 2 N–H and O–H groups in total. The lowest BCUT2D eigenvalue weighted by molar-refractivity contribution is 0.0333. The molecule has 0 amide bonds. The normalized spacial score (nSPS) is 13.6. The highest BCUT2D eigenvalue weighted by Crippen LogP contribution is 2.30. The van der Waals surface area contributed by atoms with Crippen molar-refractivity contribution in [1.29, 1.82) is 0 Å². The summed E-state index contributed by atoms with van der Waals surface area (Å²) in [5, 5.41) is 19.4. The van der Waals surface area contributed by atoms with E-state index in [0.717, 1.165) is 24.8 Å². The van der Waals surface area contributed by atoms with Crippen molar-refractivity contribution in [3.05, 3.63) is 35.4 Å². The van der Waals surface area contributed by atoms with Crippen molar-refractivity contribution in [3.8, 4) is 0 Å². The van der Waals surface area contributed by atoms with Gasteiger partial charge in [-0.15, -0.1) is 0 Å². The zero-order valence-corrected chi connectivity index (χ0v) is 19.0. The highest BCUT2D eigenvalue weighted by molar-refractivity contribution is 7.88. The monoisotopic (exact) mass is 427 g/mol. The van der Waals surface area contributed by atoms with Crippen LogP contribution in [-0.4, -0.2) is 54.4 Å². The molecule has 6 nitrogen and oxygen atoms in total. The molecular formula is C22H37NO5S. The number of benzene rings is 1. The van der Waals surface area contributed by atoms with Gasteiger partial charge in [0, 0.05) is 13.1 Å². The predicted molar refractivity (Wildman–Crippen MR) is 117 cm³/mol. The molecule has 0 heterocycles. The van der Waals surface area contributed by atoms with E-state index in [2.05, 4.69) is 20.8 Å². The van der Waals surface area contributed by atoms with E-state index in [1.807, 2.05) is 0 Å². The fourth-order valence-electron chi connectivity index (χ4n) is 3.37. The minimum absolute atomic E-state index is 0.159. The first-order valence-corrected chi connectivity index (χ1v) is 12.3. The lowest BCUT2D eigenvalue weighted by Gasteiger charge is -2.31. The molecule has 166 valence electrons. The van der Waals surface area contributed by atoms with E-state index in [4.69, 9.17) is 5.11 Å². The number of carbonyl (C=O) groups is 1. The largest absolute Gasteiger partial charge is 0.478 e. The van der Waals surface area contributed by atoms with E-state index in [-0.39, 0.29) is 11.0 Å². The number of carboxylic acids is 1. The second-order valence-electron chi connectivity index (χ2n) is 8.52. The number of nitrogens with zero attached hydrogens (tertiary/aromatic N) is 1. The number of hydrogen-bond acceptors (Lipinski definition) is 4. The molecule has 1 unspecified atom stereocenters. The smallest absolute Gasteiger partial charge is 0.335 e. The molecule has 0 saturated carbocycles. The van der Waals surface area contributed by atoms with Crippen LogP contribution in [0.3, 0.4) is 0 Å². The molecule has 1 aromatic rings. The summed E-state index contributed by atoms with van der Waals surface area (Å²) in [6, 6.07) is 6.66. The topological polar surface area (TPSA) is 94.9 Å². The van der Waals surface area contributed by atoms with E-state index in [1.165, 1.54) is 10.6 Å². The number of unbranched alkanes of at least 4 members (excludes halogenated alkanes) is 1. The second kappa shape index (κ2) is 11.7. The Hall–Kier alpha value is -1.44. The number of aromatic carboxylic acids is 1. The molecule has 0 saturated heterocycles. The summed E-state index contributed by atoms with van der Waals surface area (Å²) in [6.45, 7) is 7.08. The number of aliphatic hydroxyl groups is 1. The molecule has 0 aliphatic heterocycles. The molecule has 1 atom stereocenters. The lowest BCUT2D eigenvalue weighted by atomic mass is 9.80. The Bertz CT molecular complexity index is 728. The van der Waals surface area contributed by atoms with E-state index in [9.17, 15) is 18.3 Å². The van der Waals surface area contributed by atoms with Crippen LogP contribution in [0.1, 0.15) is 75.2 Å². The minimum atomic E-state index is -3.31. The van der Waals surface area contributed by atoms with Crippen LogP contribution in [0.5, 0.6) is 0 Å². The number of sulfonamides is 1. The molecule has 29 heavy (non-hydrogen) atoms. The highest BCUT2D eigenvalue weighted by Gasteiger charge is 2.27. The van der Waals surface area contributed by atoms with Gasteiger partial charge in [0.15, 0.2) is 0 Å². The van der Waals surface area contributed by atoms with Crippen LogP contribution in [0.15, 0.2) is 24.3 Å². The van der Waals surface area contributed by atoms with Gasteiger partial charge in [0.25, 0.3) is 0 Å². The Kier molecular flexibility index (Phi) is 10.3. The Morgan fingerprint density at radius 3 is 2.21 bits per heavy atom. The van der Waals surface area contributed by atoms with Gasteiger partial charge in [0.1, 0.15) is 0 Å². The standard InChI is InChI=1S/C22H37NO5S/c1-5-6-15-22(2,3)20(24)10-8-17-23(29(4,27)28)16-7-9-18-11-13-19(14-12-18)21(25)26/h11-14,20,24H,5-10,15-17H2,1-4H3,(H,25,26). The van der Waals surface area contributed by atoms with Gasteiger partial charge in [-0.25, -0.2) is 17.5 Å². The van der Waals surface area contributed by atoms with Crippen molar-refractivity contribution >= 4 is 16.0 Å². The quantitative estimate of drug-likeness (QED) is 0.469. The average Bonchev–Trinajstić information content (AvgIpc) is 2.64. The van der Waals surface area contributed by atoms with Crippen LogP contribution in [0.2, 0.25) is 0 Å². The van der Waals surface area contributed by atoms with Crippen molar-refractivity contribution in [2.24, 2.45) is 5.41 Å². The third kappa shape index (κ3) is 9.28. The summed E-state index contributed by atoms with van der Waals surface area (Å²) in [4.78, 5) is 10.9. The maximum Gasteiger partial charge on any atom is 0.335 e. The first kappa shape index (κ1) is 25.6. The zero-order valence-electron chi connectivity index (χ0n) is 18.2. The Morgan fingerprint density at radius 1 is 1.10 bits per heavy atom. The SMILES string of the molecule is CCCCC(C)(C)C(O)CCCN(CCCc1ccc(C(=O)O)cc1)S(C)(=O)=O. The summed E-state index contributed by atoms with van der Waals surface area (Å²) in [7, 11) is -3.31. The van der Waals surface area contributed by atoms with Gasteiger partial charge < -0.3 is 10.2 Å². The predicted octanol–water partition coefficient (Wildman–Crippen LogP) is 3.94. The summed E-state index contributed by atoms with van der Waals surface area (Å²) in [5.74, 6) is -0.958. The molecule has 0 radical (unpaired) electrons. The molecule has 1 rings (SSSR count). The Balaban J connectivity index is 2.51. The van der Waals surface area contributed by atoms with E-state index in [0.29, 0.717) is 38.8 Å². The van der Waals surface area contributed by atoms with Crippen LogP contribution in [0.4, 0.5) is 0 Å². The van der Waals surface area contributed by atoms with Crippen LogP contribution in [-0.2, 0) is 16.4 Å². The van der Waals surface area contributed by atoms with Crippen LogP contribution < -0.4 is 0 Å². The average molecular weight is 428 g/mol. The number of carboxylic acid groups (broad SMARTS) is 1. The van der Waals surface area contributed by atoms with Crippen molar-refractivity contribution in [2.45, 2.75) is 71.8 Å². The lowest BCUT2D eigenvalue weighted by Crippen LogP contribution is -2.34. The summed E-state index contributed by atoms with van der Waals surface area (Å²) in [6.07, 6.45) is 6.45.